The molecule has 2 fully saturated rings. The summed E-state index contributed by atoms with van der Waals surface area (Å²) in [5.74, 6) is -0.0398. The number of methoxy groups -OCH3 is 1. The predicted octanol–water partition coefficient (Wildman–Crippen LogP) is 3.44. The quantitative estimate of drug-likeness (QED) is 0.584. The van der Waals surface area contributed by atoms with Gasteiger partial charge in [0, 0.05) is 6.54 Å². The maximum absolute atomic E-state index is 13.2. The number of rotatable bonds is 5. The molecule has 0 saturated carbocycles. The topological polar surface area (TPSA) is 91.8 Å². The number of benzene rings is 2. The van der Waals surface area contributed by atoms with Crippen LogP contribution >= 0.6 is 11.3 Å². The fraction of sp³-hybridized carbons (Fsp3) is 0.333. The van der Waals surface area contributed by atoms with E-state index >= 15 is 0 Å². The van der Waals surface area contributed by atoms with Gasteiger partial charge in [-0.2, -0.15) is 0 Å². The number of urea groups is 1. The van der Waals surface area contributed by atoms with Crippen LogP contribution in [0, 0.1) is 0 Å². The summed E-state index contributed by atoms with van der Waals surface area (Å²) in [6.07, 6.45) is 1.67. The molecule has 1 N–H and O–H groups in total. The standard InChI is InChI=1S/C24H24N4O4S/c1-24(15-9-11-16(32-2)12-10-15)22(30)28(23(31)26-24)14-20(29)27-13-5-7-18(27)21-25-17-6-3-4-8-19(17)33-21/h3-4,6,8-12,18H,5,7,13-14H2,1-2H3,(H,26,31). The maximum Gasteiger partial charge on any atom is 0.325 e. The minimum absolute atomic E-state index is 0.136. The SMILES string of the molecule is COc1ccc(C2(C)NC(=O)N(CC(=O)N3CCCC3c3nc4ccccc4s3)C2=O)cc1. The van der Waals surface area contributed by atoms with Crippen molar-refractivity contribution < 1.29 is 19.1 Å². The number of thiazole rings is 1. The summed E-state index contributed by atoms with van der Waals surface area (Å²) in [5.41, 5.74) is 0.312. The summed E-state index contributed by atoms with van der Waals surface area (Å²) in [4.78, 5) is 46.7. The third-order valence-electron chi connectivity index (χ3n) is 6.40. The second-order valence-electron chi connectivity index (χ2n) is 8.44. The van der Waals surface area contributed by atoms with Gasteiger partial charge in [0.2, 0.25) is 5.91 Å². The molecule has 0 bridgehead atoms. The van der Waals surface area contributed by atoms with Gasteiger partial charge in [-0.1, -0.05) is 24.3 Å². The van der Waals surface area contributed by atoms with Crippen LogP contribution in [0.4, 0.5) is 4.79 Å². The van der Waals surface area contributed by atoms with Crippen LogP contribution in [-0.2, 0) is 15.1 Å². The lowest BCUT2D eigenvalue weighted by atomic mass is 9.92. The Morgan fingerprint density at radius 3 is 2.70 bits per heavy atom. The summed E-state index contributed by atoms with van der Waals surface area (Å²) in [5, 5.41) is 3.65. The molecule has 9 heteroatoms. The minimum Gasteiger partial charge on any atom is -0.497 e. The lowest BCUT2D eigenvalue weighted by molar-refractivity contribution is -0.139. The zero-order valence-electron chi connectivity index (χ0n) is 18.4. The molecular formula is C24H24N4O4S. The van der Waals surface area contributed by atoms with Crippen LogP contribution in [-0.4, -0.2) is 52.8 Å². The van der Waals surface area contributed by atoms with E-state index in [2.05, 4.69) is 5.32 Å². The first-order chi connectivity index (χ1) is 15.9. The highest BCUT2D eigenvalue weighted by atomic mass is 32.1. The molecule has 2 aromatic carbocycles. The molecule has 2 atom stereocenters. The predicted molar refractivity (Wildman–Crippen MR) is 124 cm³/mol. The third kappa shape index (κ3) is 3.62. The van der Waals surface area contributed by atoms with Gasteiger partial charge in [-0.15, -0.1) is 11.3 Å². The number of ether oxygens (including phenoxy) is 1. The first-order valence-corrected chi connectivity index (χ1v) is 11.7. The molecule has 3 aromatic rings. The van der Waals surface area contributed by atoms with Crippen LogP contribution < -0.4 is 10.1 Å². The van der Waals surface area contributed by atoms with Gasteiger partial charge >= 0.3 is 6.03 Å². The van der Waals surface area contributed by atoms with Crippen molar-refractivity contribution >= 4 is 39.4 Å². The summed E-state index contributed by atoms with van der Waals surface area (Å²) in [7, 11) is 1.56. The van der Waals surface area contributed by atoms with E-state index in [4.69, 9.17) is 9.72 Å². The van der Waals surface area contributed by atoms with Crippen molar-refractivity contribution in [3.05, 3.63) is 59.1 Å². The Hall–Kier alpha value is -3.46. The summed E-state index contributed by atoms with van der Waals surface area (Å²) < 4.78 is 6.25. The monoisotopic (exact) mass is 464 g/mol. The second kappa shape index (κ2) is 8.15. The summed E-state index contributed by atoms with van der Waals surface area (Å²) in [6, 6.07) is 14.2. The van der Waals surface area contributed by atoms with E-state index < -0.39 is 17.5 Å². The van der Waals surface area contributed by atoms with Crippen LogP contribution in [0.3, 0.4) is 0 Å². The zero-order valence-corrected chi connectivity index (χ0v) is 19.2. The van der Waals surface area contributed by atoms with Crippen LogP contribution in [0.1, 0.15) is 36.4 Å². The van der Waals surface area contributed by atoms with E-state index in [1.54, 1.807) is 54.5 Å². The highest BCUT2D eigenvalue weighted by molar-refractivity contribution is 7.18. The lowest BCUT2D eigenvalue weighted by Gasteiger charge is -2.26. The van der Waals surface area contributed by atoms with Crippen molar-refractivity contribution in [1.82, 2.24) is 20.1 Å². The van der Waals surface area contributed by atoms with E-state index in [0.29, 0.717) is 17.9 Å². The Kier molecular flexibility index (Phi) is 5.28. The molecule has 4 amide bonds. The molecule has 170 valence electrons. The van der Waals surface area contributed by atoms with Gasteiger partial charge in [0.25, 0.3) is 5.91 Å². The van der Waals surface area contributed by atoms with Crippen LogP contribution in [0.15, 0.2) is 48.5 Å². The van der Waals surface area contributed by atoms with E-state index in [1.807, 2.05) is 24.3 Å². The second-order valence-corrected chi connectivity index (χ2v) is 9.50. The summed E-state index contributed by atoms with van der Waals surface area (Å²) >= 11 is 1.58. The number of nitrogens with zero attached hydrogens (tertiary/aromatic N) is 3. The van der Waals surface area contributed by atoms with Crippen LogP contribution in [0.2, 0.25) is 0 Å². The van der Waals surface area contributed by atoms with E-state index in [1.165, 1.54) is 0 Å². The molecule has 0 aliphatic carbocycles. The molecule has 0 spiro atoms. The number of likely N-dealkylation sites (tertiary alicyclic amines) is 1. The van der Waals surface area contributed by atoms with Crippen molar-refractivity contribution in [3.63, 3.8) is 0 Å². The number of para-hydroxylation sites is 1. The van der Waals surface area contributed by atoms with Gasteiger partial charge in [0.15, 0.2) is 0 Å². The normalized spacial score (nSPS) is 22.8. The number of fused-ring (bicyclic) bond motifs is 1. The molecular weight excluding hydrogens is 440 g/mol. The van der Waals surface area contributed by atoms with E-state index in [-0.39, 0.29) is 18.5 Å². The van der Waals surface area contributed by atoms with Crippen LogP contribution in [0.5, 0.6) is 5.75 Å². The molecule has 2 aliphatic rings. The number of nitrogens with one attached hydrogen (secondary N) is 1. The number of hydrogen-bond acceptors (Lipinski definition) is 6. The van der Waals surface area contributed by atoms with Gasteiger partial charge in [0.05, 0.1) is 23.4 Å². The fourth-order valence-corrected chi connectivity index (χ4v) is 5.66. The van der Waals surface area contributed by atoms with Crippen molar-refractivity contribution in [2.24, 2.45) is 0 Å². The fourth-order valence-electron chi connectivity index (χ4n) is 4.54. The molecule has 5 rings (SSSR count). The minimum atomic E-state index is -1.24. The Balaban J connectivity index is 1.34. The smallest absolute Gasteiger partial charge is 0.325 e. The highest BCUT2D eigenvalue weighted by Gasteiger charge is 2.50. The van der Waals surface area contributed by atoms with E-state index in [0.717, 1.165) is 33.0 Å². The third-order valence-corrected chi connectivity index (χ3v) is 7.54. The molecule has 3 heterocycles. The van der Waals surface area contributed by atoms with Gasteiger partial charge < -0.3 is 15.0 Å². The van der Waals surface area contributed by atoms with Gasteiger partial charge in [-0.05, 0) is 49.6 Å². The average molecular weight is 465 g/mol. The first kappa shape index (κ1) is 21.4. The van der Waals surface area contributed by atoms with Gasteiger partial charge in [0.1, 0.15) is 22.8 Å². The Morgan fingerprint density at radius 2 is 1.97 bits per heavy atom. The zero-order chi connectivity index (χ0) is 23.2. The summed E-state index contributed by atoms with van der Waals surface area (Å²) in [6.45, 7) is 1.94. The number of amides is 4. The number of carbonyl (C=O) groups excluding carboxylic acids is 3. The van der Waals surface area contributed by atoms with Crippen molar-refractivity contribution in [2.75, 3.05) is 20.2 Å². The van der Waals surface area contributed by atoms with Gasteiger partial charge in [-0.3, -0.25) is 14.5 Å². The molecule has 2 saturated heterocycles. The number of hydrogen-bond donors (Lipinski definition) is 1. The van der Waals surface area contributed by atoms with Gasteiger partial charge in [-0.25, -0.2) is 9.78 Å². The van der Waals surface area contributed by atoms with E-state index in [9.17, 15) is 14.4 Å². The number of aromatic nitrogens is 1. The molecule has 2 aliphatic heterocycles. The largest absolute Gasteiger partial charge is 0.497 e. The Labute approximate surface area is 195 Å². The van der Waals surface area contributed by atoms with Crippen LogP contribution in [0.25, 0.3) is 10.2 Å². The molecule has 1 aromatic heterocycles. The van der Waals surface area contributed by atoms with Crippen molar-refractivity contribution in [1.29, 1.82) is 0 Å². The first-order valence-electron chi connectivity index (χ1n) is 10.8. The van der Waals surface area contributed by atoms with Crippen molar-refractivity contribution in [2.45, 2.75) is 31.3 Å². The Bertz CT molecular complexity index is 1210. The molecule has 0 radical (unpaired) electrons. The molecule has 33 heavy (non-hydrogen) atoms. The molecule has 2 unspecified atom stereocenters. The average Bonchev–Trinajstić information content (AvgIpc) is 3.53. The number of imide groups is 1. The molecule has 8 nitrogen and oxygen atoms in total. The maximum atomic E-state index is 13.2. The van der Waals surface area contributed by atoms with Crippen molar-refractivity contribution in [3.8, 4) is 5.75 Å². The lowest BCUT2D eigenvalue weighted by Crippen LogP contribution is -2.44. The highest BCUT2D eigenvalue weighted by Crippen LogP contribution is 2.37. The number of carbonyl (C=O) groups is 3. The Morgan fingerprint density at radius 1 is 1.21 bits per heavy atom.